The molecule has 5 nitrogen and oxygen atoms in total. The van der Waals surface area contributed by atoms with Crippen LogP contribution in [0.1, 0.15) is 34.5 Å². The van der Waals surface area contributed by atoms with E-state index < -0.39 is 0 Å². The van der Waals surface area contributed by atoms with Crippen LogP contribution in [0.15, 0.2) is 78.9 Å². The van der Waals surface area contributed by atoms with Gasteiger partial charge in [0.05, 0.1) is 6.54 Å². The number of halogens is 1. The standard InChI is InChI=1S/C26H28ClN3O2/c1-19(30(2)18-25(31)28-16-15-20-11-13-23(27)14-12-20)22-9-6-10-24(17-22)29-26(32)21-7-4-3-5-8-21/h3-14,17,19H,15-16,18H2,1-2H3,(H,28,31)(H,29,32). The quantitative estimate of drug-likeness (QED) is 0.486. The molecule has 2 amide bonds. The summed E-state index contributed by atoms with van der Waals surface area (Å²) in [5, 5.41) is 6.61. The van der Waals surface area contributed by atoms with Gasteiger partial charge in [0.2, 0.25) is 5.91 Å². The van der Waals surface area contributed by atoms with Crippen LogP contribution in [0.25, 0.3) is 0 Å². The fourth-order valence-electron chi connectivity index (χ4n) is 3.34. The van der Waals surface area contributed by atoms with E-state index >= 15 is 0 Å². The highest BCUT2D eigenvalue weighted by molar-refractivity contribution is 6.30. The van der Waals surface area contributed by atoms with Crippen molar-refractivity contribution >= 4 is 29.1 Å². The van der Waals surface area contributed by atoms with Gasteiger partial charge in [0.15, 0.2) is 0 Å². The maximum Gasteiger partial charge on any atom is 0.255 e. The molecule has 1 atom stereocenters. The minimum absolute atomic E-state index is 0.00518. The second-order valence-electron chi connectivity index (χ2n) is 7.76. The van der Waals surface area contributed by atoms with Crippen LogP contribution in [0.3, 0.4) is 0 Å². The Morgan fingerprint density at radius 2 is 1.69 bits per heavy atom. The minimum atomic E-state index is -0.149. The number of likely N-dealkylation sites (N-methyl/N-ethyl adjacent to an activating group) is 1. The van der Waals surface area contributed by atoms with Gasteiger partial charge in [-0.2, -0.15) is 0 Å². The largest absolute Gasteiger partial charge is 0.355 e. The maximum absolute atomic E-state index is 12.4. The first-order chi connectivity index (χ1) is 15.4. The van der Waals surface area contributed by atoms with Crippen LogP contribution in [0, 0.1) is 0 Å². The van der Waals surface area contributed by atoms with E-state index in [2.05, 4.69) is 10.6 Å². The highest BCUT2D eigenvalue weighted by Crippen LogP contribution is 2.22. The molecule has 3 rings (SSSR count). The average molecular weight is 450 g/mol. The SMILES string of the molecule is CC(c1cccc(NC(=O)c2ccccc2)c1)N(C)CC(=O)NCCc1ccc(Cl)cc1. The molecule has 32 heavy (non-hydrogen) atoms. The van der Waals surface area contributed by atoms with E-state index in [-0.39, 0.29) is 24.4 Å². The van der Waals surface area contributed by atoms with Crippen LogP contribution >= 0.6 is 11.6 Å². The minimum Gasteiger partial charge on any atom is -0.355 e. The summed E-state index contributed by atoms with van der Waals surface area (Å²) in [6.07, 6.45) is 0.755. The molecule has 0 fully saturated rings. The molecule has 3 aromatic carbocycles. The summed E-state index contributed by atoms with van der Waals surface area (Å²) in [6.45, 7) is 2.89. The smallest absolute Gasteiger partial charge is 0.255 e. The number of carbonyl (C=O) groups excluding carboxylic acids is 2. The van der Waals surface area contributed by atoms with Crippen molar-refractivity contribution < 1.29 is 9.59 Å². The van der Waals surface area contributed by atoms with E-state index in [0.29, 0.717) is 17.1 Å². The number of hydrogen-bond donors (Lipinski definition) is 2. The third-order valence-corrected chi connectivity index (χ3v) is 5.62. The predicted molar refractivity (Wildman–Crippen MR) is 130 cm³/mol. The number of nitrogens with one attached hydrogen (secondary N) is 2. The summed E-state index contributed by atoms with van der Waals surface area (Å²) in [7, 11) is 1.92. The number of nitrogens with zero attached hydrogens (tertiary/aromatic N) is 1. The molecule has 166 valence electrons. The number of hydrogen-bond acceptors (Lipinski definition) is 3. The molecular formula is C26H28ClN3O2. The van der Waals surface area contributed by atoms with Gasteiger partial charge in [-0.05, 0) is 67.9 Å². The van der Waals surface area contributed by atoms with Gasteiger partial charge in [0, 0.05) is 28.9 Å². The summed E-state index contributed by atoms with van der Waals surface area (Å²) < 4.78 is 0. The van der Waals surface area contributed by atoms with Crippen molar-refractivity contribution in [2.24, 2.45) is 0 Å². The van der Waals surface area contributed by atoms with Gasteiger partial charge in [0.25, 0.3) is 5.91 Å². The molecule has 0 saturated carbocycles. The van der Waals surface area contributed by atoms with Gasteiger partial charge in [-0.3, -0.25) is 14.5 Å². The molecule has 0 aromatic heterocycles. The molecule has 0 saturated heterocycles. The average Bonchev–Trinajstić information content (AvgIpc) is 2.80. The summed E-state index contributed by atoms with van der Waals surface area (Å²) in [4.78, 5) is 26.8. The van der Waals surface area contributed by atoms with E-state index in [1.54, 1.807) is 12.1 Å². The van der Waals surface area contributed by atoms with E-state index in [0.717, 1.165) is 23.2 Å². The Labute approximate surface area is 194 Å². The monoisotopic (exact) mass is 449 g/mol. The van der Waals surface area contributed by atoms with Crippen LogP contribution in [0.2, 0.25) is 5.02 Å². The summed E-state index contributed by atoms with van der Waals surface area (Å²) in [6, 6.07) is 24.5. The van der Waals surface area contributed by atoms with Crippen molar-refractivity contribution in [3.63, 3.8) is 0 Å². The molecule has 1 unspecified atom stereocenters. The van der Waals surface area contributed by atoms with Gasteiger partial charge >= 0.3 is 0 Å². The second kappa shape index (κ2) is 11.5. The first kappa shape index (κ1) is 23.5. The van der Waals surface area contributed by atoms with Crippen LogP contribution in [0.5, 0.6) is 0 Å². The third-order valence-electron chi connectivity index (χ3n) is 5.37. The van der Waals surface area contributed by atoms with E-state index in [1.807, 2.05) is 85.6 Å². The zero-order valence-corrected chi connectivity index (χ0v) is 19.1. The number of rotatable bonds is 9. The Bertz CT molecular complexity index is 1040. The summed E-state index contributed by atoms with van der Waals surface area (Å²) in [5.41, 5.74) is 3.49. The van der Waals surface area contributed by atoms with Crippen molar-refractivity contribution in [3.05, 3.63) is 101 Å². The fraction of sp³-hybridized carbons (Fsp3) is 0.231. The lowest BCUT2D eigenvalue weighted by atomic mass is 10.1. The van der Waals surface area contributed by atoms with E-state index in [1.165, 1.54) is 0 Å². The third kappa shape index (κ3) is 6.94. The van der Waals surface area contributed by atoms with Crippen LogP contribution in [0.4, 0.5) is 5.69 Å². The van der Waals surface area contributed by atoms with Crippen molar-refractivity contribution in [2.45, 2.75) is 19.4 Å². The molecule has 0 aliphatic heterocycles. The van der Waals surface area contributed by atoms with Crippen LogP contribution in [-0.2, 0) is 11.2 Å². The number of benzene rings is 3. The zero-order chi connectivity index (χ0) is 22.9. The molecule has 0 heterocycles. The number of carbonyl (C=O) groups is 2. The Morgan fingerprint density at radius 3 is 2.41 bits per heavy atom. The highest BCUT2D eigenvalue weighted by Gasteiger charge is 2.16. The van der Waals surface area contributed by atoms with Crippen molar-refractivity contribution in [1.82, 2.24) is 10.2 Å². The first-order valence-electron chi connectivity index (χ1n) is 10.6. The molecule has 0 aliphatic rings. The molecular weight excluding hydrogens is 422 g/mol. The van der Waals surface area contributed by atoms with E-state index in [9.17, 15) is 9.59 Å². The molecule has 3 aromatic rings. The molecule has 0 spiro atoms. The second-order valence-corrected chi connectivity index (χ2v) is 8.20. The van der Waals surface area contributed by atoms with Gasteiger partial charge in [-0.15, -0.1) is 0 Å². The zero-order valence-electron chi connectivity index (χ0n) is 18.3. The maximum atomic E-state index is 12.4. The molecule has 0 radical (unpaired) electrons. The van der Waals surface area contributed by atoms with Crippen LogP contribution in [-0.4, -0.2) is 36.9 Å². The Kier molecular flexibility index (Phi) is 8.42. The Morgan fingerprint density at radius 1 is 0.969 bits per heavy atom. The lowest BCUT2D eigenvalue weighted by Crippen LogP contribution is -2.37. The normalized spacial score (nSPS) is 11.8. The van der Waals surface area contributed by atoms with Crippen LogP contribution < -0.4 is 10.6 Å². The molecule has 2 N–H and O–H groups in total. The Hall–Kier alpha value is -3.15. The predicted octanol–water partition coefficient (Wildman–Crippen LogP) is 4.94. The Balaban J connectivity index is 1.50. The van der Waals surface area contributed by atoms with Crippen molar-refractivity contribution in [1.29, 1.82) is 0 Å². The fourth-order valence-corrected chi connectivity index (χ4v) is 3.47. The lowest BCUT2D eigenvalue weighted by molar-refractivity contribution is -0.122. The number of amides is 2. The first-order valence-corrected chi connectivity index (χ1v) is 11.0. The van der Waals surface area contributed by atoms with Crippen molar-refractivity contribution in [2.75, 3.05) is 25.5 Å². The molecule has 6 heteroatoms. The van der Waals surface area contributed by atoms with E-state index in [4.69, 9.17) is 11.6 Å². The summed E-state index contributed by atoms with van der Waals surface area (Å²) in [5.74, 6) is -0.175. The molecule has 0 aliphatic carbocycles. The van der Waals surface area contributed by atoms with Gasteiger partial charge in [-0.1, -0.05) is 54.1 Å². The highest BCUT2D eigenvalue weighted by atomic mass is 35.5. The van der Waals surface area contributed by atoms with Gasteiger partial charge in [-0.25, -0.2) is 0 Å². The summed E-state index contributed by atoms with van der Waals surface area (Å²) >= 11 is 5.90. The van der Waals surface area contributed by atoms with Gasteiger partial charge < -0.3 is 10.6 Å². The lowest BCUT2D eigenvalue weighted by Gasteiger charge is -2.25. The molecule has 0 bridgehead atoms. The van der Waals surface area contributed by atoms with Crippen molar-refractivity contribution in [3.8, 4) is 0 Å². The van der Waals surface area contributed by atoms with Gasteiger partial charge in [0.1, 0.15) is 0 Å². The topological polar surface area (TPSA) is 61.4 Å². The number of anilines is 1.